The highest BCUT2D eigenvalue weighted by molar-refractivity contribution is 7.99. The van der Waals surface area contributed by atoms with Gasteiger partial charge in [-0.1, -0.05) is 29.8 Å². The lowest BCUT2D eigenvalue weighted by atomic mass is 10.1. The van der Waals surface area contributed by atoms with Crippen LogP contribution >= 0.6 is 11.8 Å². The summed E-state index contributed by atoms with van der Waals surface area (Å²) in [5, 5.41) is 1.06. The average Bonchev–Trinajstić information content (AvgIpc) is 2.36. The van der Waals surface area contributed by atoms with Gasteiger partial charge < -0.3 is 5.73 Å². The maximum atomic E-state index is 6.22. The Morgan fingerprint density at radius 3 is 2.37 bits per heavy atom. The Morgan fingerprint density at radius 1 is 1.05 bits per heavy atom. The van der Waals surface area contributed by atoms with Crippen molar-refractivity contribution in [2.75, 3.05) is 5.75 Å². The monoisotopic (exact) mass is 272 g/mol. The molecule has 0 aliphatic rings. The van der Waals surface area contributed by atoms with Crippen molar-refractivity contribution in [3.8, 4) is 0 Å². The molecule has 1 aromatic carbocycles. The van der Waals surface area contributed by atoms with Crippen LogP contribution in [0, 0.1) is 20.8 Å². The van der Waals surface area contributed by atoms with Crippen LogP contribution in [-0.2, 0) is 0 Å². The van der Waals surface area contributed by atoms with E-state index in [1.54, 1.807) is 11.8 Å². The molecule has 0 saturated heterocycles. The largest absolute Gasteiger partial charge is 0.323 e. The van der Waals surface area contributed by atoms with Crippen molar-refractivity contribution in [1.82, 2.24) is 4.98 Å². The molecule has 100 valence electrons. The maximum absolute atomic E-state index is 6.22. The molecule has 0 amide bonds. The van der Waals surface area contributed by atoms with Gasteiger partial charge in [0.25, 0.3) is 0 Å². The Kier molecular flexibility index (Phi) is 4.61. The van der Waals surface area contributed by atoms with E-state index in [0.717, 1.165) is 16.5 Å². The molecular weight excluding hydrogens is 252 g/mol. The van der Waals surface area contributed by atoms with Crippen LogP contribution in [0.4, 0.5) is 0 Å². The molecule has 2 N–H and O–H groups in total. The van der Waals surface area contributed by atoms with E-state index < -0.39 is 0 Å². The van der Waals surface area contributed by atoms with Crippen LogP contribution in [0.1, 0.15) is 28.4 Å². The lowest BCUT2D eigenvalue weighted by Crippen LogP contribution is -2.13. The van der Waals surface area contributed by atoms with Crippen molar-refractivity contribution < 1.29 is 0 Å². The van der Waals surface area contributed by atoms with Crippen LogP contribution in [0.25, 0.3) is 0 Å². The SMILES string of the molecule is Cc1ccc(C(N)CSc2cc(C)cc(C)n2)cc1. The number of benzene rings is 1. The van der Waals surface area contributed by atoms with Crippen LogP contribution in [-0.4, -0.2) is 10.7 Å². The van der Waals surface area contributed by atoms with E-state index in [1.165, 1.54) is 16.7 Å². The quantitative estimate of drug-likeness (QED) is 0.860. The molecular formula is C16H20N2S. The highest BCUT2D eigenvalue weighted by atomic mass is 32.2. The van der Waals surface area contributed by atoms with Gasteiger partial charge in [0.05, 0.1) is 5.03 Å². The van der Waals surface area contributed by atoms with Crippen LogP contribution in [0.15, 0.2) is 41.4 Å². The molecule has 3 heteroatoms. The van der Waals surface area contributed by atoms with Crippen LogP contribution in [0.3, 0.4) is 0 Å². The zero-order valence-corrected chi connectivity index (χ0v) is 12.5. The van der Waals surface area contributed by atoms with Crippen LogP contribution in [0.5, 0.6) is 0 Å². The van der Waals surface area contributed by atoms with Crippen molar-refractivity contribution in [1.29, 1.82) is 0 Å². The summed E-state index contributed by atoms with van der Waals surface area (Å²) in [5.41, 5.74) is 11.0. The molecule has 0 saturated carbocycles. The fraction of sp³-hybridized carbons (Fsp3) is 0.312. The third-order valence-electron chi connectivity index (χ3n) is 2.99. The molecule has 1 heterocycles. The number of hydrogen-bond donors (Lipinski definition) is 1. The van der Waals surface area contributed by atoms with Gasteiger partial charge in [0.1, 0.15) is 0 Å². The highest BCUT2D eigenvalue weighted by Crippen LogP contribution is 2.23. The van der Waals surface area contributed by atoms with Crippen molar-refractivity contribution in [2.45, 2.75) is 31.8 Å². The van der Waals surface area contributed by atoms with E-state index in [1.807, 2.05) is 6.92 Å². The standard InChI is InChI=1S/C16H20N2S/c1-11-4-6-14(7-5-11)15(17)10-19-16-9-12(2)8-13(3)18-16/h4-9,15H,10,17H2,1-3H3. The molecule has 0 spiro atoms. The molecule has 2 nitrogen and oxygen atoms in total. The van der Waals surface area contributed by atoms with Gasteiger partial charge in [0.2, 0.25) is 0 Å². The number of hydrogen-bond acceptors (Lipinski definition) is 3. The molecule has 1 aromatic heterocycles. The summed E-state index contributed by atoms with van der Waals surface area (Å²) in [6, 6.07) is 12.7. The normalized spacial score (nSPS) is 12.4. The van der Waals surface area contributed by atoms with Crippen molar-refractivity contribution in [3.05, 3.63) is 58.8 Å². The zero-order chi connectivity index (χ0) is 13.8. The summed E-state index contributed by atoms with van der Waals surface area (Å²) in [7, 11) is 0. The van der Waals surface area contributed by atoms with Gasteiger partial charge in [0, 0.05) is 17.5 Å². The zero-order valence-electron chi connectivity index (χ0n) is 11.7. The second kappa shape index (κ2) is 6.22. The van der Waals surface area contributed by atoms with E-state index in [0.29, 0.717) is 0 Å². The minimum atomic E-state index is 0.0493. The van der Waals surface area contributed by atoms with Gasteiger partial charge in [-0.25, -0.2) is 4.98 Å². The van der Waals surface area contributed by atoms with Crippen molar-refractivity contribution >= 4 is 11.8 Å². The van der Waals surface area contributed by atoms with Gasteiger partial charge in [-0.15, -0.1) is 11.8 Å². The van der Waals surface area contributed by atoms with Gasteiger partial charge in [-0.2, -0.15) is 0 Å². The molecule has 0 aliphatic carbocycles. The third-order valence-corrected chi connectivity index (χ3v) is 4.02. The molecule has 1 atom stereocenters. The Hall–Kier alpha value is -1.32. The first-order valence-electron chi connectivity index (χ1n) is 6.45. The van der Waals surface area contributed by atoms with Crippen molar-refractivity contribution in [3.63, 3.8) is 0 Å². The second-order valence-corrected chi connectivity index (χ2v) is 5.99. The smallest absolute Gasteiger partial charge is 0.0966 e. The maximum Gasteiger partial charge on any atom is 0.0966 e. The molecule has 2 rings (SSSR count). The molecule has 0 aliphatic heterocycles. The average molecular weight is 272 g/mol. The Morgan fingerprint density at radius 2 is 1.74 bits per heavy atom. The summed E-state index contributed by atoms with van der Waals surface area (Å²) in [4.78, 5) is 4.52. The highest BCUT2D eigenvalue weighted by Gasteiger charge is 2.07. The molecule has 2 aromatic rings. The van der Waals surface area contributed by atoms with E-state index in [4.69, 9.17) is 5.73 Å². The first kappa shape index (κ1) is 14.1. The van der Waals surface area contributed by atoms with Crippen LogP contribution < -0.4 is 5.73 Å². The van der Waals surface area contributed by atoms with E-state index in [-0.39, 0.29) is 6.04 Å². The number of nitrogens with zero attached hydrogens (tertiary/aromatic N) is 1. The minimum Gasteiger partial charge on any atom is -0.323 e. The lowest BCUT2D eigenvalue weighted by molar-refractivity contribution is 0.829. The van der Waals surface area contributed by atoms with Gasteiger partial charge >= 0.3 is 0 Å². The molecule has 0 bridgehead atoms. The van der Waals surface area contributed by atoms with Gasteiger partial charge in [-0.05, 0) is 44.0 Å². The summed E-state index contributed by atoms with van der Waals surface area (Å²) in [6.07, 6.45) is 0. The Labute approximate surface area is 119 Å². The fourth-order valence-electron chi connectivity index (χ4n) is 1.96. The topological polar surface area (TPSA) is 38.9 Å². The first-order chi connectivity index (χ1) is 9.04. The van der Waals surface area contributed by atoms with Gasteiger partial charge in [0.15, 0.2) is 0 Å². The summed E-state index contributed by atoms with van der Waals surface area (Å²) in [6.45, 7) is 6.21. The number of pyridine rings is 1. The number of aromatic nitrogens is 1. The Balaban J connectivity index is 1.99. The summed E-state index contributed by atoms with van der Waals surface area (Å²) in [5.74, 6) is 0.846. The van der Waals surface area contributed by atoms with Crippen molar-refractivity contribution in [2.24, 2.45) is 5.73 Å². The number of aryl methyl sites for hydroxylation is 3. The molecule has 0 fully saturated rings. The number of thioether (sulfide) groups is 1. The molecule has 19 heavy (non-hydrogen) atoms. The molecule has 1 unspecified atom stereocenters. The van der Waals surface area contributed by atoms with E-state index in [2.05, 4.69) is 55.2 Å². The second-order valence-electron chi connectivity index (χ2n) is 4.95. The van der Waals surface area contributed by atoms with Gasteiger partial charge in [-0.3, -0.25) is 0 Å². The predicted molar refractivity (Wildman–Crippen MR) is 82.5 cm³/mol. The van der Waals surface area contributed by atoms with Crippen LogP contribution in [0.2, 0.25) is 0 Å². The number of nitrogens with two attached hydrogens (primary N) is 1. The van der Waals surface area contributed by atoms with E-state index >= 15 is 0 Å². The first-order valence-corrected chi connectivity index (χ1v) is 7.43. The predicted octanol–water partition coefficient (Wildman–Crippen LogP) is 3.80. The molecule has 0 radical (unpaired) electrons. The fourth-order valence-corrected chi connectivity index (χ4v) is 2.98. The lowest BCUT2D eigenvalue weighted by Gasteiger charge is -2.12. The summed E-state index contributed by atoms with van der Waals surface area (Å²) < 4.78 is 0. The summed E-state index contributed by atoms with van der Waals surface area (Å²) >= 11 is 1.72. The number of rotatable bonds is 4. The third kappa shape index (κ3) is 4.08. The Bertz CT molecular complexity index is 529. The minimum absolute atomic E-state index is 0.0493. The van der Waals surface area contributed by atoms with E-state index in [9.17, 15) is 0 Å².